The molecule has 0 atom stereocenters. The van der Waals surface area contributed by atoms with Crippen LogP contribution in [0.3, 0.4) is 0 Å². The number of rotatable bonds is 5. The van der Waals surface area contributed by atoms with E-state index >= 15 is 0 Å². The van der Waals surface area contributed by atoms with E-state index in [1.54, 1.807) is 0 Å². The largest absolute Gasteiger partial charge is 0.357 e. The third-order valence-electron chi connectivity index (χ3n) is 4.53. The number of nitrogens with zero attached hydrogens (tertiary/aromatic N) is 2. The Morgan fingerprint density at radius 2 is 2.05 bits per heavy atom. The zero-order valence-electron chi connectivity index (χ0n) is 14.2. The molecule has 0 aromatic carbocycles. The van der Waals surface area contributed by atoms with Crippen molar-refractivity contribution in [2.24, 2.45) is 16.8 Å². The van der Waals surface area contributed by atoms with Gasteiger partial charge < -0.3 is 10.6 Å². The van der Waals surface area contributed by atoms with Gasteiger partial charge in [-0.1, -0.05) is 19.9 Å². The van der Waals surface area contributed by atoms with E-state index in [-0.39, 0.29) is 0 Å². The van der Waals surface area contributed by atoms with Crippen molar-refractivity contribution in [1.82, 2.24) is 15.6 Å². The summed E-state index contributed by atoms with van der Waals surface area (Å²) in [6, 6.07) is 6.51. The predicted molar refractivity (Wildman–Crippen MR) is 92.8 cm³/mol. The van der Waals surface area contributed by atoms with Crippen LogP contribution in [-0.2, 0) is 6.54 Å². The molecule has 1 saturated carbocycles. The third kappa shape index (κ3) is 5.32. The molecule has 22 heavy (non-hydrogen) atoms. The van der Waals surface area contributed by atoms with Gasteiger partial charge in [-0.15, -0.1) is 0 Å². The lowest BCUT2D eigenvalue weighted by Crippen LogP contribution is -2.45. The third-order valence-corrected chi connectivity index (χ3v) is 4.53. The molecule has 1 fully saturated rings. The number of pyridine rings is 1. The average Bonchev–Trinajstić information content (AvgIpc) is 2.54. The maximum Gasteiger partial charge on any atom is 0.191 e. The highest BCUT2D eigenvalue weighted by Crippen LogP contribution is 2.29. The highest BCUT2D eigenvalue weighted by Gasteiger charge is 2.23. The first kappa shape index (κ1) is 16.8. The highest BCUT2D eigenvalue weighted by atomic mass is 15.2. The standard InChI is InChI=1S/C18H30N4/c1-4-19-18(21-13-17-7-5-6-12-20-17)22-16-10-8-15(9-11-16)14(2)3/h5-7,12,14-16H,4,8-11,13H2,1-3H3,(H2,19,21,22). The van der Waals surface area contributed by atoms with Crippen LogP contribution in [0.1, 0.15) is 52.1 Å². The van der Waals surface area contributed by atoms with Crippen molar-refractivity contribution >= 4 is 5.96 Å². The zero-order chi connectivity index (χ0) is 15.8. The fraction of sp³-hybridized carbons (Fsp3) is 0.667. The Morgan fingerprint density at radius 3 is 2.64 bits per heavy atom. The van der Waals surface area contributed by atoms with Crippen molar-refractivity contribution in [3.05, 3.63) is 30.1 Å². The summed E-state index contributed by atoms with van der Waals surface area (Å²) in [7, 11) is 0. The summed E-state index contributed by atoms with van der Waals surface area (Å²) in [6.45, 7) is 8.30. The van der Waals surface area contributed by atoms with Crippen LogP contribution in [0.5, 0.6) is 0 Å². The molecule has 122 valence electrons. The minimum Gasteiger partial charge on any atom is -0.357 e. The summed E-state index contributed by atoms with van der Waals surface area (Å²) >= 11 is 0. The quantitative estimate of drug-likeness (QED) is 0.648. The molecule has 0 amide bonds. The summed E-state index contributed by atoms with van der Waals surface area (Å²) in [4.78, 5) is 8.99. The van der Waals surface area contributed by atoms with Crippen LogP contribution < -0.4 is 10.6 Å². The van der Waals surface area contributed by atoms with Gasteiger partial charge >= 0.3 is 0 Å². The number of aliphatic imine (C=N–C) groups is 1. The molecule has 1 aromatic heterocycles. The number of hydrogen-bond donors (Lipinski definition) is 2. The smallest absolute Gasteiger partial charge is 0.191 e. The van der Waals surface area contributed by atoms with E-state index in [1.807, 2.05) is 24.4 Å². The van der Waals surface area contributed by atoms with Crippen LogP contribution in [-0.4, -0.2) is 23.5 Å². The van der Waals surface area contributed by atoms with Crippen molar-refractivity contribution in [2.45, 2.75) is 59.0 Å². The van der Waals surface area contributed by atoms with E-state index in [1.165, 1.54) is 25.7 Å². The summed E-state index contributed by atoms with van der Waals surface area (Å²) in [5.74, 6) is 2.62. The lowest BCUT2D eigenvalue weighted by molar-refractivity contribution is 0.250. The van der Waals surface area contributed by atoms with Gasteiger partial charge in [0.05, 0.1) is 12.2 Å². The average molecular weight is 302 g/mol. The molecule has 0 saturated heterocycles. The normalized spacial score (nSPS) is 22.6. The van der Waals surface area contributed by atoms with Crippen LogP contribution in [0.2, 0.25) is 0 Å². The number of nitrogens with one attached hydrogen (secondary N) is 2. The first-order chi connectivity index (χ1) is 10.7. The monoisotopic (exact) mass is 302 g/mol. The fourth-order valence-corrected chi connectivity index (χ4v) is 3.10. The van der Waals surface area contributed by atoms with Gasteiger partial charge in [0.1, 0.15) is 0 Å². The SMILES string of the molecule is CCNC(=NCc1ccccn1)NC1CCC(C(C)C)CC1. The molecule has 4 heteroatoms. The van der Waals surface area contributed by atoms with Crippen molar-refractivity contribution in [1.29, 1.82) is 0 Å². The lowest BCUT2D eigenvalue weighted by Gasteiger charge is -2.32. The first-order valence-corrected chi connectivity index (χ1v) is 8.63. The molecule has 1 aliphatic rings. The minimum absolute atomic E-state index is 0.552. The molecule has 0 spiro atoms. The van der Waals surface area contributed by atoms with Gasteiger partial charge in [0.15, 0.2) is 5.96 Å². The van der Waals surface area contributed by atoms with Crippen molar-refractivity contribution in [3.63, 3.8) is 0 Å². The Hall–Kier alpha value is -1.58. The number of hydrogen-bond acceptors (Lipinski definition) is 2. The molecule has 1 aliphatic carbocycles. The van der Waals surface area contributed by atoms with Gasteiger partial charge in [-0.2, -0.15) is 0 Å². The summed E-state index contributed by atoms with van der Waals surface area (Å²) in [5.41, 5.74) is 1.00. The van der Waals surface area contributed by atoms with E-state index in [9.17, 15) is 0 Å². The minimum atomic E-state index is 0.552. The van der Waals surface area contributed by atoms with Crippen molar-refractivity contribution in [2.75, 3.05) is 6.54 Å². The maximum atomic E-state index is 4.66. The van der Waals surface area contributed by atoms with E-state index in [0.717, 1.165) is 30.0 Å². The van der Waals surface area contributed by atoms with Gasteiger partial charge in [0, 0.05) is 18.8 Å². The lowest BCUT2D eigenvalue weighted by atomic mass is 9.80. The summed E-state index contributed by atoms with van der Waals surface area (Å²) < 4.78 is 0. The molecular formula is C18H30N4. The van der Waals surface area contributed by atoms with Crippen LogP contribution in [0.4, 0.5) is 0 Å². The topological polar surface area (TPSA) is 49.3 Å². The van der Waals surface area contributed by atoms with Crippen molar-refractivity contribution < 1.29 is 0 Å². The zero-order valence-corrected chi connectivity index (χ0v) is 14.2. The second kappa shape index (κ2) is 8.76. The molecule has 4 nitrogen and oxygen atoms in total. The second-order valence-electron chi connectivity index (χ2n) is 6.52. The first-order valence-electron chi connectivity index (χ1n) is 8.63. The molecule has 1 heterocycles. The second-order valence-corrected chi connectivity index (χ2v) is 6.52. The molecule has 0 radical (unpaired) electrons. The maximum absolute atomic E-state index is 4.66. The Kier molecular flexibility index (Phi) is 6.69. The molecule has 0 aliphatic heterocycles. The van der Waals surface area contributed by atoms with E-state index < -0.39 is 0 Å². The Bertz CT molecular complexity index is 447. The molecule has 0 unspecified atom stereocenters. The van der Waals surface area contributed by atoms with Crippen LogP contribution in [0.15, 0.2) is 29.4 Å². The van der Waals surface area contributed by atoms with E-state index in [4.69, 9.17) is 0 Å². The van der Waals surface area contributed by atoms with Crippen LogP contribution >= 0.6 is 0 Å². The van der Waals surface area contributed by atoms with E-state index in [0.29, 0.717) is 12.6 Å². The Labute approximate surface area is 134 Å². The Morgan fingerprint density at radius 1 is 1.27 bits per heavy atom. The Balaban J connectivity index is 1.86. The molecule has 1 aromatic rings. The molecule has 0 bridgehead atoms. The van der Waals surface area contributed by atoms with Gasteiger partial charge in [0.2, 0.25) is 0 Å². The fourth-order valence-electron chi connectivity index (χ4n) is 3.10. The summed E-state index contributed by atoms with van der Waals surface area (Å²) in [6.07, 6.45) is 6.97. The molecule has 2 N–H and O–H groups in total. The van der Waals surface area contributed by atoms with Gasteiger partial charge in [0.25, 0.3) is 0 Å². The van der Waals surface area contributed by atoms with Crippen molar-refractivity contribution in [3.8, 4) is 0 Å². The van der Waals surface area contributed by atoms with Gasteiger partial charge in [-0.05, 0) is 56.6 Å². The number of aromatic nitrogens is 1. The highest BCUT2D eigenvalue weighted by molar-refractivity contribution is 5.80. The molecule has 2 rings (SSSR count). The van der Waals surface area contributed by atoms with Crippen LogP contribution in [0.25, 0.3) is 0 Å². The van der Waals surface area contributed by atoms with E-state index in [2.05, 4.69) is 41.4 Å². The van der Waals surface area contributed by atoms with Gasteiger partial charge in [-0.3, -0.25) is 4.98 Å². The number of guanidine groups is 1. The predicted octanol–water partition coefficient (Wildman–Crippen LogP) is 3.35. The summed E-state index contributed by atoms with van der Waals surface area (Å²) in [5, 5.41) is 6.94. The van der Waals surface area contributed by atoms with Gasteiger partial charge in [-0.25, -0.2) is 4.99 Å². The van der Waals surface area contributed by atoms with Crippen LogP contribution in [0, 0.1) is 11.8 Å². The molecular weight excluding hydrogens is 272 g/mol.